The van der Waals surface area contributed by atoms with Gasteiger partial charge in [-0.2, -0.15) is 4.72 Å². The second-order valence-corrected chi connectivity index (χ2v) is 11.7. The molecule has 2 fully saturated rings. The lowest BCUT2D eigenvalue weighted by Crippen LogP contribution is -2.56. The third kappa shape index (κ3) is 8.53. The lowest BCUT2D eigenvalue weighted by Gasteiger charge is -2.36. The molecule has 0 spiro atoms. The molecule has 13 nitrogen and oxygen atoms in total. The number of benzene rings is 2. The number of halogens is 1. The van der Waals surface area contributed by atoms with Crippen LogP contribution in [0.2, 0.25) is 0 Å². The van der Waals surface area contributed by atoms with E-state index in [0.717, 1.165) is 5.39 Å². The summed E-state index contributed by atoms with van der Waals surface area (Å²) in [6, 6.07) is 9.74. The van der Waals surface area contributed by atoms with Crippen LogP contribution in [-0.4, -0.2) is 99.5 Å². The van der Waals surface area contributed by atoms with E-state index in [2.05, 4.69) is 10.0 Å². The second-order valence-electron chi connectivity index (χ2n) is 10.0. The first-order valence-corrected chi connectivity index (χ1v) is 15.0. The molecule has 1 heterocycles. The quantitative estimate of drug-likeness (QED) is 0.149. The minimum absolute atomic E-state index is 0. The molecule has 1 saturated carbocycles. The summed E-state index contributed by atoms with van der Waals surface area (Å²) in [5.74, 6) is -2.05. The van der Waals surface area contributed by atoms with Crippen molar-refractivity contribution in [3.63, 3.8) is 0 Å². The smallest absolute Gasteiger partial charge is 0.325 e. The minimum atomic E-state index is -4.24. The van der Waals surface area contributed by atoms with Gasteiger partial charge in [0.1, 0.15) is 12.6 Å². The fourth-order valence-corrected chi connectivity index (χ4v) is 5.94. The van der Waals surface area contributed by atoms with Gasteiger partial charge in [0.15, 0.2) is 5.96 Å². The van der Waals surface area contributed by atoms with E-state index in [0.29, 0.717) is 31.4 Å². The van der Waals surface area contributed by atoms with Crippen LogP contribution in [0.4, 0.5) is 0 Å². The Labute approximate surface area is 251 Å². The van der Waals surface area contributed by atoms with E-state index >= 15 is 0 Å². The first kappa shape index (κ1) is 33.0. The number of ether oxygens (including phenoxy) is 2. The monoisotopic (exact) mass is 624 g/mol. The summed E-state index contributed by atoms with van der Waals surface area (Å²) < 4.78 is 39.8. The highest BCUT2D eigenvalue weighted by molar-refractivity contribution is 7.89. The number of sulfonamides is 1. The lowest BCUT2D eigenvalue weighted by atomic mass is 10.1. The van der Waals surface area contributed by atoms with Crippen LogP contribution in [0.3, 0.4) is 0 Å². The Balaban J connectivity index is 0.00000484. The van der Waals surface area contributed by atoms with Crippen LogP contribution in [0, 0.1) is 5.41 Å². The Morgan fingerprint density at radius 1 is 1.19 bits per heavy atom. The molecule has 2 atom stereocenters. The predicted molar refractivity (Wildman–Crippen MR) is 158 cm³/mol. The number of esters is 1. The van der Waals surface area contributed by atoms with Gasteiger partial charge in [0.25, 0.3) is 0 Å². The summed E-state index contributed by atoms with van der Waals surface area (Å²) in [6.45, 7) is 2.55. The van der Waals surface area contributed by atoms with Crippen LogP contribution in [-0.2, 0) is 33.9 Å². The molecule has 1 saturated heterocycles. The second kappa shape index (κ2) is 14.6. The first-order valence-electron chi connectivity index (χ1n) is 13.5. The van der Waals surface area contributed by atoms with Crippen molar-refractivity contribution in [2.24, 2.45) is 5.73 Å². The van der Waals surface area contributed by atoms with Gasteiger partial charge < -0.3 is 30.3 Å². The number of guanidine groups is 1. The first-order chi connectivity index (χ1) is 19.6. The number of fused-ring (bicyclic) bond motifs is 1. The number of hydrogen-bond donors (Lipinski definition) is 4. The molecule has 42 heavy (non-hydrogen) atoms. The molecule has 2 amide bonds. The van der Waals surface area contributed by atoms with Gasteiger partial charge in [0, 0.05) is 19.1 Å². The molecular formula is C27H37ClN6O7S. The number of nitrogens with zero attached hydrogens (tertiary/aromatic N) is 2. The van der Waals surface area contributed by atoms with E-state index < -0.39 is 40.3 Å². The molecule has 2 aromatic rings. The maximum atomic E-state index is 13.7. The fourth-order valence-electron chi connectivity index (χ4n) is 4.72. The van der Waals surface area contributed by atoms with Crippen LogP contribution in [0.25, 0.3) is 10.8 Å². The molecule has 5 N–H and O–H groups in total. The number of carbonyl (C=O) groups is 3. The predicted octanol–water partition coefficient (Wildman–Crippen LogP) is 0.563. The molecule has 4 rings (SSSR count). The molecule has 0 aromatic heterocycles. The summed E-state index contributed by atoms with van der Waals surface area (Å²) in [4.78, 5) is 41.8. The Morgan fingerprint density at radius 3 is 2.57 bits per heavy atom. The van der Waals surface area contributed by atoms with Gasteiger partial charge in [-0.1, -0.05) is 30.3 Å². The molecule has 230 valence electrons. The number of morpholine rings is 1. The number of rotatable bonds is 12. The zero-order valence-corrected chi connectivity index (χ0v) is 24.9. The summed E-state index contributed by atoms with van der Waals surface area (Å²) >= 11 is 0. The van der Waals surface area contributed by atoms with Gasteiger partial charge in [-0.05, 0) is 42.7 Å². The van der Waals surface area contributed by atoms with Crippen molar-refractivity contribution < 1.29 is 32.3 Å². The third-order valence-corrected chi connectivity index (χ3v) is 8.43. The van der Waals surface area contributed by atoms with Crippen molar-refractivity contribution >= 4 is 56.9 Å². The van der Waals surface area contributed by atoms with Crippen molar-refractivity contribution in [3.05, 3.63) is 42.5 Å². The standard InChI is InChI=1S/C27H36N6O7S.ClH/c1-2-40-25(35)16-33(20-8-9-20)26(36)23(14-24(34)30-15-21-17-39-12-11-32(21)27(28)29)31-41(37,38)22-10-7-18-5-3-4-6-19(18)13-22;/h3-7,10,13,20-21,23,31H,2,8-9,11-12,14-17H2,1H3,(H3,28,29)(H,30,34);1H/t21?,23-;/m0./s1. The van der Waals surface area contributed by atoms with Crippen LogP contribution in [0.15, 0.2) is 47.4 Å². The molecule has 1 aliphatic heterocycles. The average Bonchev–Trinajstić information content (AvgIpc) is 3.79. The zero-order valence-electron chi connectivity index (χ0n) is 23.3. The molecule has 0 bridgehead atoms. The van der Waals surface area contributed by atoms with Crippen LogP contribution >= 0.6 is 12.4 Å². The number of nitrogens with two attached hydrogens (primary N) is 1. The molecule has 1 unspecified atom stereocenters. The Hall–Kier alpha value is -3.46. The maximum Gasteiger partial charge on any atom is 0.325 e. The molecule has 1 aliphatic carbocycles. The molecule has 2 aromatic carbocycles. The fraction of sp³-hybridized carbons (Fsp3) is 0.481. The highest BCUT2D eigenvalue weighted by Gasteiger charge is 2.39. The van der Waals surface area contributed by atoms with E-state index in [9.17, 15) is 22.8 Å². The Kier molecular flexibility index (Phi) is 11.5. The lowest BCUT2D eigenvalue weighted by molar-refractivity contribution is -0.150. The van der Waals surface area contributed by atoms with Gasteiger partial charge in [-0.25, -0.2) is 8.42 Å². The number of nitrogens with one attached hydrogen (secondary N) is 3. The highest BCUT2D eigenvalue weighted by Crippen LogP contribution is 2.28. The number of amides is 2. The van der Waals surface area contributed by atoms with E-state index in [1.165, 1.54) is 17.0 Å². The molecule has 0 radical (unpaired) electrons. The summed E-state index contributed by atoms with van der Waals surface area (Å²) in [7, 11) is -4.24. The van der Waals surface area contributed by atoms with Crippen LogP contribution in [0.1, 0.15) is 26.2 Å². The largest absolute Gasteiger partial charge is 0.465 e. The van der Waals surface area contributed by atoms with E-state index in [4.69, 9.17) is 20.6 Å². The Bertz CT molecular complexity index is 1400. The van der Waals surface area contributed by atoms with Crippen molar-refractivity contribution in [2.45, 2.75) is 49.2 Å². The summed E-state index contributed by atoms with van der Waals surface area (Å²) in [5.41, 5.74) is 5.65. The van der Waals surface area contributed by atoms with Gasteiger partial charge in [-0.15, -0.1) is 12.4 Å². The van der Waals surface area contributed by atoms with E-state index in [-0.39, 0.29) is 61.6 Å². The minimum Gasteiger partial charge on any atom is -0.465 e. The number of hydrogen-bond acceptors (Lipinski definition) is 8. The molecule has 15 heteroatoms. The topological polar surface area (TPSA) is 184 Å². The van der Waals surface area contributed by atoms with Gasteiger partial charge in [0.2, 0.25) is 21.8 Å². The molecular weight excluding hydrogens is 588 g/mol. The summed E-state index contributed by atoms with van der Waals surface area (Å²) in [5, 5.41) is 12.0. The van der Waals surface area contributed by atoms with Crippen molar-refractivity contribution in [1.82, 2.24) is 19.8 Å². The Morgan fingerprint density at radius 2 is 1.90 bits per heavy atom. The SMILES string of the molecule is CCOC(=O)CN(C(=O)[C@H](CC(=O)NCC1COCCN1C(=N)N)NS(=O)(=O)c1ccc2ccccc2c1)C1CC1.Cl. The third-order valence-electron chi connectivity index (χ3n) is 6.96. The highest BCUT2D eigenvalue weighted by atomic mass is 35.5. The normalized spacial score (nSPS) is 17.5. The van der Waals surface area contributed by atoms with Crippen molar-refractivity contribution in [3.8, 4) is 0 Å². The van der Waals surface area contributed by atoms with Gasteiger partial charge >= 0.3 is 5.97 Å². The number of carbonyl (C=O) groups excluding carboxylic acids is 3. The van der Waals surface area contributed by atoms with E-state index in [1.807, 2.05) is 12.1 Å². The van der Waals surface area contributed by atoms with Crippen LogP contribution < -0.4 is 15.8 Å². The molecule has 2 aliphatic rings. The zero-order chi connectivity index (χ0) is 29.6. The van der Waals surface area contributed by atoms with Gasteiger partial charge in [-0.3, -0.25) is 19.8 Å². The van der Waals surface area contributed by atoms with Crippen LogP contribution in [0.5, 0.6) is 0 Å². The van der Waals surface area contributed by atoms with Crippen molar-refractivity contribution in [2.75, 3.05) is 39.5 Å². The maximum absolute atomic E-state index is 13.7. The summed E-state index contributed by atoms with van der Waals surface area (Å²) in [6.07, 6.45) is 0.805. The van der Waals surface area contributed by atoms with E-state index in [1.54, 1.807) is 30.0 Å². The van der Waals surface area contributed by atoms with Crippen molar-refractivity contribution in [1.29, 1.82) is 5.41 Å². The van der Waals surface area contributed by atoms with Gasteiger partial charge in [0.05, 0.1) is 37.2 Å². The average molecular weight is 625 g/mol.